The second-order valence-corrected chi connectivity index (χ2v) is 5.54. The van der Waals surface area contributed by atoms with Gasteiger partial charge >= 0.3 is 5.97 Å². The third-order valence-electron chi connectivity index (χ3n) is 3.61. The lowest BCUT2D eigenvalue weighted by molar-refractivity contribution is -0.156. The van der Waals surface area contributed by atoms with E-state index in [0.29, 0.717) is 10.4 Å². The van der Waals surface area contributed by atoms with Crippen LogP contribution in [0, 0.1) is 0 Å². The number of nitrogens with zero attached hydrogens (tertiary/aromatic N) is 1. The second kappa shape index (κ2) is 6.07. The van der Waals surface area contributed by atoms with Crippen LogP contribution in [0.25, 0.3) is 0 Å². The molecule has 0 amide bonds. The molecule has 1 aliphatic heterocycles. The summed E-state index contributed by atoms with van der Waals surface area (Å²) in [6.07, 6.45) is 0.995. The Balaban J connectivity index is 2.35. The molecule has 6 heteroatoms. The van der Waals surface area contributed by atoms with Crippen molar-refractivity contribution < 1.29 is 13.9 Å². The highest BCUT2D eigenvalue weighted by molar-refractivity contribution is 9.10. The van der Waals surface area contributed by atoms with E-state index < -0.39 is 5.54 Å². The fraction of sp³-hybridized carbons (Fsp3) is 0.615. The Labute approximate surface area is 121 Å². The highest BCUT2D eigenvalue weighted by Gasteiger charge is 2.45. The summed E-state index contributed by atoms with van der Waals surface area (Å²) in [5, 5.41) is 3.33. The first-order valence-corrected chi connectivity index (χ1v) is 7.18. The molecule has 1 aliphatic rings. The van der Waals surface area contributed by atoms with Gasteiger partial charge in [0.15, 0.2) is 10.2 Å². The van der Waals surface area contributed by atoms with Gasteiger partial charge in [-0.2, -0.15) is 0 Å². The standard InChI is InChI=1S/C13H19BrN2O3/c1-13(12(17)18-2,10-4-5-11(14)19-10)16-8-3-6-15-7-9-16/h4-5,15H,3,6-9H2,1-2H3. The largest absolute Gasteiger partial charge is 0.467 e. The average Bonchev–Trinajstić information content (AvgIpc) is 2.69. The molecule has 1 saturated heterocycles. The zero-order valence-corrected chi connectivity index (χ0v) is 12.8. The summed E-state index contributed by atoms with van der Waals surface area (Å²) >= 11 is 3.29. The van der Waals surface area contributed by atoms with Crippen LogP contribution in [0.15, 0.2) is 21.2 Å². The molecule has 0 aliphatic carbocycles. The van der Waals surface area contributed by atoms with E-state index in [1.165, 1.54) is 7.11 Å². The predicted molar refractivity (Wildman–Crippen MR) is 74.8 cm³/mol. The number of hydrogen-bond donors (Lipinski definition) is 1. The minimum Gasteiger partial charge on any atom is -0.467 e. The number of carbonyl (C=O) groups excluding carboxylic acids is 1. The summed E-state index contributed by atoms with van der Waals surface area (Å²) in [5.41, 5.74) is -0.882. The molecule has 1 aromatic rings. The minimum atomic E-state index is -0.882. The second-order valence-electron chi connectivity index (χ2n) is 4.76. The van der Waals surface area contributed by atoms with E-state index in [1.807, 2.05) is 13.0 Å². The molecule has 1 N–H and O–H groups in total. The number of furan rings is 1. The normalized spacial score (nSPS) is 20.6. The van der Waals surface area contributed by atoms with Crippen molar-refractivity contribution in [2.75, 3.05) is 33.3 Å². The zero-order chi connectivity index (χ0) is 13.9. The molecule has 1 fully saturated rings. The number of nitrogens with one attached hydrogen (secondary N) is 1. The van der Waals surface area contributed by atoms with Crippen molar-refractivity contribution in [3.8, 4) is 0 Å². The topological polar surface area (TPSA) is 54.7 Å². The van der Waals surface area contributed by atoms with Crippen LogP contribution in [-0.2, 0) is 15.1 Å². The van der Waals surface area contributed by atoms with Gasteiger partial charge in [-0.1, -0.05) is 0 Å². The predicted octanol–water partition coefficient (Wildman–Crippen LogP) is 1.73. The van der Waals surface area contributed by atoms with Gasteiger partial charge in [0.05, 0.1) is 7.11 Å². The maximum atomic E-state index is 12.3. The van der Waals surface area contributed by atoms with Gasteiger partial charge in [0.25, 0.3) is 0 Å². The van der Waals surface area contributed by atoms with Gasteiger partial charge in [-0.05, 0) is 48.0 Å². The molecule has 19 heavy (non-hydrogen) atoms. The zero-order valence-electron chi connectivity index (χ0n) is 11.2. The monoisotopic (exact) mass is 330 g/mol. The van der Waals surface area contributed by atoms with E-state index in [0.717, 1.165) is 32.6 Å². The van der Waals surface area contributed by atoms with Gasteiger partial charge in [-0.25, -0.2) is 4.79 Å². The van der Waals surface area contributed by atoms with Gasteiger partial charge in [-0.3, -0.25) is 4.90 Å². The van der Waals surface area contributed by atoms with E-state index in [-0.39, 0.29) is 5.97 Å². The fourth-order valence-corrected chi connectivity index (χ4v) is 2.76. The number of esters is 1. The molecule has 2 rings (SSSR count). The molecule has 5 nitrogen and oxygen atoms in total. The highest BCUT2D eigenvalue weighted by atomic mass is 79.9. The van der Waals surface area contributed by atoms with Gasteiger partial charge < -0.3 is 14.5 Å². The Morgan fingerprint density at radius 3 is 2.89 bits per heavy atom. The van der Waals surface area contributed by atoms with Gasteiger partial charge in [-0.15, -0.1) is 0 Å². The van der Waals surface area contributed by atoms with Gasteiger partial charge in [0, 0.05) is 19.6 Å². The Morgan fingerprint density at radius 2 is 2.26 bits per heavy atom. The maximum Gasteiger partial charge on any atom is 0.333 e. The van der Waals surface area contributed by atoms with Crippen LogP contribution >= 0.6 is 15.9 Å². The number of methoxy groups -OCH3 is 1. The number of carbonyl (C=O) groups is 1. The molecule has 1 atom stereocenters. The molecular formula is C13H19BrN2O3. The lowest BCUT2D eigenvalue weighted by Gasteiger charge is -2.36. The van der Waals surface area contributed by atoms with Crippen LogP contribution in [0.4, 0.5) is 0 Å². The minimum absolute atomic E-state index is 0.295. The fourth-order valence-electron chi connectivity index (χ4n) is 2.45. The van der Waals surface area contributed by atoms with Crippen molar-refractivity contribution in [3.05, 3.63) is 22.6 Å². The summed E-state index contributed by atoms with van der Waals surface area (Å²) in [6, 6.07) is 3.62. The summed E-state index contributed by atoms with van der Waals surface area (Å²) in [6.45, 7) is 5.29. The van der Waals surface area contributed by atoms with Crippen LogP contribution in [0.1, 0.15) is 19.1 Å². The summed E-state index contributed by atoms with van der Waals surface area (Å²) in [4.78, 5) is 14.4. The van der Waals surface area contributed by atoms with Crippen molar-refractivity contribution >= 4 is 21.9 Å². The number of hydrogen-bond acceptors (Lipinski definition) is 5. The Hall–Kier alpha value is -0.850. The number of halogens is 1. The highest BCUT2D eigenvalue weighted by Crippen LogP contribution is 2.33. The summed E-state index contributed by atoms with van der Waals surface area (Å²) < 4.78 is 11.2. The van der Waals surface area contributed by atoms with Crippen LogP contribution < -0.4 is 5.32 Å². The molecule has 106 valence electrons. The molecular weight excluding hydrogens is 312 g/mol. The molecule has 2 heterocycles. The lowest BCUT2D eigenvalue weighted by Crippen LogP contribution is -2.51. The molecule has 0 bridgehead atoms. The number of rotatable bonds is 3. The van der Waals surface area contributed by atoms with Crippen LogP contribution in [0.2, 0.25) is 0 Å². The SMILES string of the molecule is COC(=O)C(C)(c1ccc(Br)o1)N1CCCNCC1. The molecule has 0 aromatic carbocycles. The quantitative estimate of drug-likeness (QED) is 0.855. The van der Waals surface area contributed by atoms with Crippen molar-refractivity contribution in [3.63, 3.8) is 0 Å². The van der Waals surface area contributed by atoms with Crippen molar-refractivity contribution in [1.82, 2.24) is 10.2 Å². The van der Waals surface area contributed by atoms with E-state index >= 15 is 0 Å². The van der Waals surface area contributed by atoms with Crippen LogP contribution in [0.3, 0.4) is 0 Å². The number of ether oxygens (including phenoxy) is 1. The molecule has 1 unspecified atom stereocenters. The van der Waals surface area contributed by atoms with E-state index in [9.17, 15) is 4.79 Å². The van der Waals surface area contributed by atoms with Crippen LogP contribution in [-0.4, -0.2) is 44.2 Å². The van der Waals surface area contributed by atoms with Gasteiger partial charge in [0.2, 0.25) is 0 Å². The molecule has 0 spiro atoms. The first-order valence-electron chi connectivity index (χ1n) is 6.39. The smallest absolute Gasteiger partial charge is 0.333 e. The maximum absolute atomic E-state index is 12.3. The van der Waals surface area contributed by atoms with E-state index in [1.54, 1.807) is 6.07 Å². The third kappa shape index (κ3) is 2.85. The van der Waals surface area contributed by atoms with E-state index in [2.05, 4.69) is 26.1 Å². The average molecular weight is 331 g/mol. The van der Waals surface area contributed by atoms with Crippen molar-refractivity contribution in [2.24, 2.45) is 0 Å². The van der Waals surface area contributed by atoms with Crippen molar-refractivity contribution in [1.29, 1.82) is 0 Å². The first kappa shape index (κ1) is 14.6. The first-order chi connectivity index (χ1) is 9.09. The van der Waals surface area contributed by atoms with E-state index in [4.69, 9.17) is 9.15 Å². The Morgan fingerprint density at radius 1 is 1.47 bits per heavy atom. The lowest BCUT2D eigenvalue weighted by atomic mass is 9.96. The summed E-state index contributed by atoms with van der Waals surface area (Å²) in [7, 11) is 1.41. The Bertz CT molecular complexity index is 441. The molecule has 0 radical (unpaired) electrons. The van der Waals surface area contributed by atoms with Crippen molar-refractivity contribution in [2.45, 2.75) is 18.9 Å². The summed E-state index contributed by atoms with van der Waals surface area (Å²) in [5.74, 6) is 0.310. The Kier molecular flexibility index (Phi) is 4.65. The van der Waals surface area contributed by atoms with Gasteiger partial charge in [0.1, 0.15) is 5.76 Å². The third-order valence-corrected chi connectivity index (χ3v) is 4.03. The van der Waals surface area contributed by atoms with Crippen LogP contribution in [0.5, 0.6) is 0 Å². The molecule has 1 aromatic heterocycles. The molecule has 0 saturated carbocycles.